The molecule has 0 aliphatic carbocycles. The zero-order valence-electron chi connectivity index (χ0n) is 11.0. The average molecular weight is 253 g/mol. The van der Waals surface area contributed by atoms with Crippen LogP contribution in [0.15, 0.2) is 24.3 Å². The van der Waals surface area contributed by atoms with Gasteiger partial charge in [0, 0.05) is 18.3 Å². The van der Waals surface area contributed by atoms with Gasteiger partial charge >= 0.3 is 0 Å². The average Bonchev–Trinajstić information content (AvgIpc) is 2.36. The summed E-state index contributed by atoms with van der Waals surface area (Å²) in [5.74, 6) is 2.13. The van der Waals surface area contributed by atoms with Gasteiger partial charge in [0.25, 0.3) is 0 Å². The molecule has 0 aliphatic rings. The molecule has 0 heterocycles. The Hall–Kier alpha value is -0.670. The second kappa shape index (κ2) is 8.43. The largest absolute Gasteiger partial charge is 0.494 e. The van der Waals surface area contributed by atoms with Crippen molar-refractivity contribution in [3.8, 4) is 5.75 Å². The molecule has 1 N–H and O–H groups in total. The fourth-order valence-electron chi connectivity index (χ4n) is 1.65. The standard InChI is InChI=1S/C14H23NOS/c1-4-13(11-17-3)15-10-12-6-8-14(9-7-12)16-5-2/h6-9,13,15H,4-5,10-11H2,1-3H3. The van der Waals surface area contributed by atoms with E-state index in [1.807, 2.05) is 30.8 Å². The first kappa shape index (κ1) is 14.4. The van der Waals surface area contributed by atoms with Gasteiger partial charge < -0.3 is 10.1 Å². The van der Waals surface area contributed by atoms with Crippen LogP contribution >= 0.6 is 11.8 Å². The van der Waals surface area contributed by atoms with Crippen molar-refractivity contribution in [2.75, 3.05) is 18.6 Å². The highest BCUT2D eigenvalue weighted by molar-refractivity contribution is 7.98. The van der Waals surface area contributed by atoms with Crippen molar-refractivity contribution < 1.29 is 4.74 Å². The van der Waals surface area contributed by atoms with Crippen molar-refractivity contribution in [3.63, 3.8) is 0 Å². The minimum Gasteiger partial charge on any atom is -0.494 e. The molecule has 0 amide bonds. The van der Waals surface area contributed by atoms with Crippen LogP contribution in [0.2, 0.25) is 0 Å². The third kappa shape index (κ3) is 5.46. The lowest BCUT2D eigenvalue weighted by atomic mass is 10.2. The Morgan fingerprint density at radius 1 is 1.24 bits per heavy atom. The number of thioether (sulfide) groups is 1. The minimum absolute atomic E-state index is 0.608. The summed E-state index contributed by atoms with van der Waals surface area (Å²) in [5.41, 5.74) is 1.31. The third-order valence-corrected chi connectivity index (χ3v) is 3.43. The van der Waals surface area contributed by atoms with Gasteiger partial charge in [0.05, 0.1) is 6.61 Å². The van der Waals surface area contributed by atoms with E-state index in [1.54, 1.807) is 0 Å². The van der Waals surface area contributed by atoms with Gasteiger partial charge in [-0.25, -0.2) is 0 Å². The molecule has 1 unspecified atom stereocenters. The SMILES string of the molecule is CCOc1ccc(CNC(CC)CSC)cc1. The zero-order valence-corrected chi connectivity index (χ0v) is 11.8. The van der Waals surface area contributed by atoms with Crippen LogP contribution in [0.25, 0.3) is 0 Å². The maximum Gasteiger partial charge on any atom is 0.119 e. The molecule has 2 nitrogen and oxygen atoms in total. The van der Waals surface area contributed by atoms with Gasteiger partial charge in [-0.1, -0.05) is 19.1 Å². The van der Waals surface area contributed by atoms with E-state index in [4.69, 9.17) is 4.74 Å². The van der Waals surface area contributed by atoms with Crippen molar-refractivity contribution >= 4 is 11.8 Å². The van der Waals surface area contributed by atoms with Crippen LogP contribution in [0.3, 0.4) is 0 Å². The molecule has 0 aromatic heterocycles. The van der Waals surface area contributed by atoms with E-state index in [-0.39, 0.29) is 0 Å². The van der Waals surface area contributed by atoms with E-state index in [2.05, 4.69) is 30.6 Å². The predicted molar refractivity (Wildman–Crippen MR) is 76.9 cm³/mol. The molecule has 0 radical (unpaired) electrons. The van der Waals surface area contributed by atoms with Crippen molar-refractivity contribution in [3.05, 3.63) is 29.8 Å². The Labute approximate surface area is 109 Å². The molecular weight excluding hydrogens is 230 g/mol. The van der Waals surface area contributed by atoms with Crippen LogP contribution in [0.4, 0.5) is 0 Å². The first-order valence-electron chi connectivity index (χ1n) is 6.24. The summed E-state index contributed by atoms with van der Waals surface area (Å²) in [6.45, 7) is 5.89. The van der Waals surface area contributed by atoms with Crippen LogP contribution in [-0.4, -0.2) is 24.7 Å². The Bertz CT molecular complexity index is 300. The molecule has 0 bridgehead atoms. The highest BCUT2D eigenvalue weighted by Gasteiger charge is 2.04. The number of nitrogens with one attached hydrogen (secondary N) is 1. The fraction of sp³-hybridized carbons (Fsp3) is 0.571. The number of ether oxygens (including phenoxy) is 1. The number of hydrogen-bond donors (Lipinski definition) is 1. The van der Waals surface area contributed by atoms with Crippen molar-refractivity contribution in [2.45, 2.75) is 32.9 Å². The van der Waals surface area contributed by atoms with Gasteiger partial charge in [0.1, 0.15) is 5.75 Å². The third-order valence-electron chi connectivity index (χ3n) is 2.69. The molecule has 96 valence electrons. The molecule has 3 heteroatoms. The van der Waals surface area contributed by atoms with E-state index < -0.39 is 0 Å². The molecule has 1 rings (SSSR count). The van der Waals surface area contributed by atoms with Gasteiger partial charge in [0.15, 0.2) is 0 Å². The normalized spacial score (nSPS) is 12.4. The highest BCUT2D eigenvalue weighted by Crippen LogP contribution is 2.12. The van der Waals surface area contributed by atoms with Crippen molar-refractivity contribution in [1.29, 1.82) is 0 Å². The summed E-state index contributed by atoms with van der Waals surface area (Å²) >= 11 is 1.90. The molecule has 17 heavy (non-hydrogen) atoms. The lowest BCUT2D eigenvalue weighted by Gasteiger charge is -2.15. The number of benzene rings is 1. The van der Waals surface area contributed by atoms with Crippen LogP contribution in [0, 0.1) is 0 Å². The lowest BCUT2D eigenvalue weighted by Crippen LogP contribution is -2.30. The molecular formula is C14H23NOS. The van der Waals surface area contributed by atoms with E-state index >= 15 is 0 Å². The van der Waals surface area contributed by atoms with E-state index in [0.717, 1.165) is 18.9 Å². The Kier molecular flexibility index (Phi) is 7.13. The van der Waals surface area contributed by atoms with Crippen molar-refractivity contribution in [1.82, 2.24) is 5.32 Å². The highest BCUT2D eigenvalue weighted by atomic mass is 32.2. The molecule has 0 saturated heterocycles. The van der Waals surface area contributed by atoms with Gasteiger partial charge in [0.2, 0.25) is 0 Å². The van der Waals surface area contributed by atoms with Gasteiger partial charge in [-0.05, 0) is 37.3 Å². The maximum absolute atomic E-state index is 5.42. The van der Waals surface area contributed by atoms with Gasteiger partial charge in [-0.2, -0.15) is 11.8 Å². The Morgan fingerprint density at radius 3 is 2.47 bits per heavy atom. The van der Waals surface area contributed by atoms with E-state index in [1.165, 1.54) is 17.7 Å². The molecule has 0 spiro atoms. The summed E-state index contributed by atoms with van der Waals surface area (Å²) in [6, 6.07) is 8.94. The number of rotatable bonds is 8. The van der Waals surface area contributed by atoms with E-state index in [9.17, 15) is 0 Å². The van der Waals surface area contributed by atoms with Crippen LogP contribution < -0.4 is 10.1 Å². The first-order chi connectivity index (χ1) is 8.30. The Morgan fingerprint density at radius 2 is 1.94 bits per heavy atom. The van der Waals surface area contributed by atoms with Gasteiger partial charge in [-0.3, -0.25) is 0 Å². The van der Waals surface area contributed by atoms with Crippen LogP contribution in [0.5, 0.6) is 5.75 Å². The van der Waals surface area contributed by atoms with Crippen LogP contribution in [0.1, 0.15) is 25.8 Å². The maximum atomic E-state index is 5.42. The lowest BCUT2D eigenvalue weighted by molar-refractivity contribution is 0.340. The molecule has 1 aromatic rings. The summed E-state index contributed by atoms with van der Waals surface area (Å²) in [6.07, 6.45) is 3.33. The number of hydrogen-bond acceptors (Lipinski definition) is 3. The van der Waals surface area contributed by atoms with E-state index in [0.29, 0.717) is 6.04 Å². The van der Waals surface area contributed by atoms with Gasteiger partial charge in [-0.15, -0.1) is 0 Å². The quantitative estimate of drug-likeness (QED) is 0.768. The smallest absolute Gasteiger partial charge is 0.119 e. The summed E-state index contributed by atoms with van der Waals surface area (Å²) in [5, 5.41) is 3.58. The second-order valence-corrected chi connectivity index (χ2v) is 4.93. The predicted octanol–water partition coefficient (Wildman–Crippen LogP) is 3.32. The molecule has 1 atom stereocenters. The van der Waals surface area contributed by atoms with Crippen LogP contribution in [-0.2, 0) is 6.54 Å². The molecule has 0 aliphatic heterocycles. The van der Waals surface area contributed by atoms with Crippen molar-refractivity contribution in [2.24, 2.45) is 0 Å². The fourth-order valence-corrected chi connectivity index (χ4v) is 2.41. The Balaban J connectivity index is 2.40. The topological polar surface area (TPSA) is 21.3 Å². The zero-order chi connectivity index (χ0) is 12.5. The summed E-state index contributed by atoms with van der Waals surface area (Å²) < 4.78 is 5.42. The molecule has 1 aromatic carbocycles. The summed E-state index contributed by atoms with van der Waals surface area (Å²) in [4.78, 5) is 0. The second-order valence-electron chi connectivity index (χ2n) is 4.02. The molecule has 0 saturated carbocycles. The first-order valence-corrected chi connectivity index (χ1v) is 7.63. The minimum atomic E-state index is 0.608. The summed E-state index contributed by atoms with van der Waals surface area (Å²) in [7, 11) is 0. The molecule has 0 fully saturated rings. The monoisotopic (exact) mass is 253 g/mol.